The molecular weight excluding hydrogens is 226 g/mol. The number of aliphatic hydroxyl groups excluding tert-OH is 1. The van der Waals surface area contributed by atoms with Crippen molar-refractivity contribution in [3.63, 3.8) is 0 Å². The SMILES string of the molecule is C[C@H](O)c1cccnc1N1CCCC(N(C)C)C1. The van der Waals surface area contributed by atoms with Crippen molar-refractivity contribution in [3.05, 3.63) is 23.9 Å². The van der Waals surface area contributed by atoms with Gasteiger partial charge in [0.2, 0.25) is 0 Å². The van der Waals surface area contributed by atoms with Gasteiger partial charge in [0.25, 0.3) is 0 Å². The van der Waals surface area contributed by atoms with Crippen molar-refractivity contribution >= 4 is 5.82 Å². The first kappa shape index (κ1) is 13.3. The summed E-state index contributed by atoms with van der Waals surface area (Å²) in [5.74, 6) is 0.944. The van der Waals surface area contributed by atoms with Crippen LogP contribution in [-0.4, -0.2) is 48.2 Å². The number of nitrogens with zero attached hydrogens (tertiary/aromatic N) is 3. The van der Waals surface area contributed by atoms with E-state index >= 15 is 0 Å². The first-order chi connectivity index (χ1) is 8.59. The van der Waals surface area contributed by atoms with Crippen LogP contribution < -0.4 is 4.90 Å². The smallest absolute Gasteiger partial charge is 0.134 e. The van der Waals surface area contributed by atoms with Gasteiger partial charge in [-0.25, -0.2) is 4.98 Å². The molecule has 0 amide bonds. The number of aromatic nitrogens is 1. The molecule has 0 aliphatic carbocycles. The number of pyridine rings is 1. The monoisotopic (exact) mass is 249 g/mol. The third kappa shape index (κ3) is 2.82. The van der Waals surface area contributed by atoms with Crippen molar-refractivity contribution in [2.75, 3.05) is 32.1 Å². The van der Waals surface area contributed by atoms with Gasteiger partial charge in [0.15, 0.2) is 0 Å². The molecule has 2 atom stereocenters. The third-order valence-corrected chi connectivity index (χ3v) is 3.69. The number of likely N-dealkylation sites (N-methyl/N-ethyl adjacent to an activating group) is 1. The van der Waals surface area contributed by atoms with E-state index in [9.17, 15) is 5.11 Å². The lowest BCUT2D eigenvalue weighted by atomic mass is 10.0. The van der Waals surface area contributed by atoms with Crippen LogP contribution in [0.4, 0.5) is 5.82 Å². The quantitative estimate of drug-likeness (QED) is 0.884. The lowest BCUT2D eigenvalue weighted by Crippen LogP contribution is -2.45. The Labute approximate surface area is 109 Å². The minimum absolute atomic E-state index is 0.464. The number of aliphatic hydroxyl groups is 1. The molecule has 0 aromatic carbocycles. The molecule has 1 aliphatic rings. The van der Waals surface area contributed by atoms with Gasteiger partial charge in [0.05, 0.1) is 6.10 Å². The van der Waals surface area contributed by atoms with Gasteiger partial charge in [-0.2, -0.15) is 0 Å². The van der Waals surface area contributed by atoms with Gasteiger partial charge in [0.1, 0.15) is 5.82 Å². The fourth-order valence-corrected chi connectivity index (χ4v) is 2.57. The van der Waals surface area contributed by atoms with E-state index in [1.54, 1.807) is 13.1 Å². The van der Waals surface area contributed by atoms with Crippen LogP contribution in [0.25, 0.3) is 0 Å². The maximum absolute atomic E-state index is 9.83. The summed E-state index contributed by atoms with van der Waals surface area (Å²) in [5, 5.41) is 9.83. The van der Waals surface area contributed by atoms with Crippen LogP contribution in [0.1, 0.15) is 31.4 Å². The second-order valence-electron chi connectivity index (χ2n) is 5.30. The first-order valence-corrected chi connectivity index (χ1v) is 6.64. The minimum Gasteiger partial charge on any atom is -0.389 e. The zero-order valence-electron chi connectivity index (χ0n) is 11.5. The third-order valence-electron chi connectivity index (χ3n) is 3.69. The van der Waals surface area contributed by atoms with Crippen LogP contribution in [0.5, 0.6) is 0 Å². The molecule has 0 bridgehead atoms. The van der Waals surface area contributed by atoms with Crippen molar-refractivity contribution < 1.29 is 5.11 Å². The molecule has 1 saturated heterocycles. The second kappa shape index (κ2) is 5.67. The van der Waals surface area contributed by atoms with Crippen LogP contribution in [0, 0.1) is 0 Å². The average Bonchev–Trinajstić information content (AvgIpc) is 2.39. The Kier molecular flexibility index (Phi) is 4.19. The summed E-state index contributed by atoms with van der Waals surface area (Å²) < 4.78 is 0. The van der Waals surface area contributed by atoms with Gasteiger partial charge in [-0.3, -0.25) is 0 Å². The number of hydrogen-bond acceptors (Lipinski definition) is 4. The van der Waals surface area contributed by atoms with Gasteiger partial charge >= 0.3 is 0 Å². The maximum Gasteiger partial charge on any atom is 0.134 e. The molecule has 1 N–H and O–H groups in total. The minimum atomic E-state index is -0.464. The molecule has 1 fully saturated rings. The van der Waals surface area contributed by atoms with Gasteiger partial charge in [-0.15, -0.1) is 0 Å². The molecule has 18 heavy (non-hydrogen) atoms. The first-order valence-electron chi connectivity index (χ1n) is 6.64. The van der Waals surface area contributed by atoms with Crippen LogP contribution in [0.3, 0.4) is 0 Å². The topological polar surface area (TPSA) is 39.6 Å². The van der Waals surface area contributed by atoms with Crippen LogP contribution in [-0.2, 0) is 0 Å². The Balaban J connectivity index is 2.20. The van der Waals surface area contributed by atoms with Crippen LogP contribution >= 0.6 is 0 Å². The molecule has 1 unspecified atom stereocenters. The fourth-order valence-electron chi connectivity index (χ4n) is 2.57. The number of piperidine rings is 1. The Morgan fingerprint density at radius 2 is 2.28 bits per heavy atom. The highest BCUT2D eigenvalue weighted by molar-refractivity contribution is 5.48. The van der Waals surface area contributed by atoms with Gasteiger partial charge in [-0.05, 0) is 39.9 Å². The molecule has 4 heteroatoms. The summed E-state index contributed by atoms with van der Waals surface area (Å²) in [6, 6.07) is 4.42. The largest absolute Gasteiger partial charge is 0.389 e. The van der Waals surface area contributed by atoms with E-state index in [0.717, 1.165) is 24.5 Å². The van der Waals surface area contributed by atoms with E-state index in [2.05, 4.69) is 28.9 Å². The fraction of sp³-hybridized carbons (Fsp3) is 0.643. The van der Waals surface area contributed by atoms with Crippen molar-refractivity contribution in [1.82, 2.24) is 9.88 Å². The molecule has 1 aromatic heterocycles. The second-order valence-corrected chi connectivity index (χ2v) is 5.30. The predicted molar refractivity (Wildman–Crippen MR) is 73.8 cm³/mol. The van der Waals surface area contributed by atoms with Gasteiger partial charge < -0.3 is 14.9 Å². The molecule has 0 spiro atoms. The van der Waals surface area contributed by atoms with E-state index in [1.165, 1.54) is 12.8 Å². The van der Waals surface area contributed by atoms with E-state index in [-0.39, 0.29) is 0 Å². The average molecular weight is 249 g/mol. The zero-order valence-corrected chi connectivity index (χ0v) is 11.5. The van der Waals surface area contributed by atoms with Crippen LogP contribution in [0.15, 0.2) is 18.3 Å². The molecule has 2 rings (SSSR count). The molecule has 100 valence electrons. The van der Waals surface area contributed by atoms with Gasteiger partial charge in [0, 0.05) is 30.9 Å². The summed E-state index contributed by atoms with van der Waals surface area (Å²) in [7, 11) is 4.25. The summed E-state index contributed by atoms with van der Waals surface area (Å²) in [4.78, 5) is 9.04. The number of rotatable bonds is 3. The summed E-state index contributed by atoms with van der Waals surface area (Å²) in [5.41, 5.74) is 0.928. The van der Waals surface area contributed by atoms with Crippen LogP contribution in [0.2, 0.25) is 0 Å². The zero-order chi connectivity index (χ0) is 13.1. The molecule has 0 radical (unpaired) electrons. The van der Waals surface area contributed by atoms with E-state index in [4.69, 9.17) is 0 Å². The molecule has 0 saturated carbocycles. The number of hydrogen-bond donors (Lipinski definition) is 1. The number of anilines is 1. The van der Waals surface area contributed by atoms with Crippen molar-refractivity contribution in [2.45, 2.75) is 31.9 Å². The van der Waals surface area contributed by atoms with E-state index < -0.39 is 6.10 Å². The normalized spacial score (nSPS) is 22.3. The van der Waals surface area contributed by atoms with Crippen molar-refractivity contribution in [1.29, 1.82) is 0 Å². The standard InChI is InChI=1S/C14H23N3O/c1-11(18)13-7-4-8-15-14(13)17-9-5-6-12(10-17)16(2)3/h4,7-8,11-12,18H,5-6,9-10H2,1-3H3/t11-,12?/m0/s1. The Hall–Kier alpha value is -1.13. The van der Waals surface area contributed by atoms with Gasteiger partial charge in [-0.1, -0.05) is 6.07 Å². The highest BCUT2D eigenvalue weighted by Crippen LogP contribution is 2.26. The molecule has 4 nitrogen and oxygen atoms in total. The lowest BCUT2D eigenvalue weighted by Gasteiger charge is -2.37. The molecule has 1 aliphatic heterocycles. The maximum atomic E-state index is 9.83. The summed E-state index contributed by atoms with van der Waals surface area (Å²) >= 11 is 0. The Morgan fingerprint density at radius 3 is 2.94 bits per heavy atom. The molecule has 2 heterocycles. The summed E-state index contributed by atoms with van der Waals surface area (Å²) in [6.45, 7) is 3.82. The Bertz CT molecular complexity index is 392. The Morgan fingerprint density at radius 1 is 1.50 bits per heavy atom. The molecule has 1 aromatic rings. The predicted octanol–water partition coefficient (Wildman–Crippen LogP) is 1.67. The summed E-state index contributed by atoms with van der Waals surface area (Å²) in [6.07, 6.45) is 3.76. The van der Waals surface area contributed by atoms with E-state index in [0.29, 0.717) is 6.04 Å². The van der Waals surface area contributed by atoms with E-state index in [1.807, 2.05) is 12.1 Å². The molecular formula is C14H23N3O. The highest BCUT2D eigenvalue weighted by Gasteiger charge is 2.24. The lowest BCUT2D eigenvalue weighted by molar-refractivity contribution is 0.198. The highest BCUT2D eigenvalue weighted by atomic mass is 16.3. The van der Waals surface area contributed by atoms with Crippen molar-refractivity contribution in [2.24, 2.45) is 0 Å². The van der Waals surface area contributed by atoms with Crippen molar-refractivity contribution in [3.8, 4) is 0 Å².